The Labute approximate surface area is 125 Å². The Hall–Kier alpha value is -2.25. The quantitative estimate of drug-likeness (QED) is 0.801. The largest absolute Gasteiger partial charge is 0.494 e. The number of H-pyrrole nitrogens is 1. The minimum Gasteiger partial charge on any atom is -0.494 e. The van der Waals surface area contributed by atoms with Gasteiger partial charge in [-0.2, -0.15) is 23.5 Å². The van der Waals surface area contributed by atoms with Gasteiger partial charge in [-0.3, -0.25) is 0 Å². The van der Waals surface area contributed by atoms with Crippen molar-refractivity contribution in [1.29, 1.82) is 0 Å². The number of nitrogens with one attached hydrogen (secondary N) is 2. The second kappa shape index (κ2) is 6.67. The molecular formula is C14H17F3N4O. The van der Waals surface area contributed by atoms with Gasteiger partial charge in [-0.15, -0.1) is 5.10 Å². The average molecular weight is 314 g/mol. The van der Waals surface area contributed by atoms with Gasteiger partial charge in [0, 0.05) is 19.0 Å². The van der Waals surface area contributed by atoms with Crippen molar-refractivity contribution in [3.63, 3.8) is 0 Å². The Bertz CT molecular complexity index is 625. The summed E-state index contributed by atoms with van der Waals surface area (Å²) in [5, 5.41) is 13.5. The molecule has 0 atom stereocenters. The van der Waals surface area contributed by atoms with E-state index < -0.39 is 12.6 Å². The zero-order chi connectivity index (χ0) is 16.2. The van der Waals surface area contributed by atoms with Crippen molar-refractivity contribution in [2.75, 3.05) is 19.0 Å². The summed E-state index contributed by atoms with van der Waals surface area (Å²) in [7, 11) is 1.73. The molecule has 5 nitrogen and oxygen atoms in total. The number of ether oxygens (including phenoxy) is 1. The van der Waals surface area contributed by atoms with Crippen LogP contribution < -0.4 is 10.1 Å². The van der Waals surface area contributed by atoms with Crippen LogP contribution in [0.5, 0.6) is 5.75 Å². The monoisotopic (exact) mass is 314 g/mol. The highest BCUT2D eigenvalue weighted by atomic mass is 19.4. The van der Waals surface area contributed by atoms with Crippen molar-refractivity contribution in [3.8, 4) is 17.0 Å². The van der Waals surface area contributed by atoms with E-state index in [-0.39, 0.29) is 13.0 Å². The van der Waals surface area contributed by atoms with Gasteiger partial charge in [0.2, 0.25) is 0 Å². The van der Waals surface area contributed by atoms with E-state index in [0.29, 0.717) is 17.3 Å². The van der Waals surface area contributed by atoms with E-state index in [1.807, 2.05) is 13.0 Å². The van der Waals surface area contributed by atoms with Gasteiger partial charge in [0.25, 0.3) is 0 Å². The van der Waals surface area contributed by atoms with Gasteiger partial charge in [-0.05, 0) is 37.1 Å². The number of aromatic amines is 1. The maximum absolute atomic E-state index is 12.1. The van der Waals surface area contributed by atoms with Crippen LogP contribution in [0.2, 0.25) is 0 Å². The molecule has 8 heteroatoms. The molecule has 0 unspecified atom stereocenters. The van der Waals surface area contributed by atoms with Gasteiger partial charge in [-0.1, -0.05) is 0 Å². The molecule has 0 aliphatic heterocycles. The molecule has 1 aromatic carbocycles. The zero-order valence-corrected chi connectivity index (χ0v) is 12.3. The van der Waals surface area contributed by atoms with E-state index in [0.717, 1.165) is 11.1 Å². The number of rotatable bonds is 6. The van der Waals surface area contributed by atoms with Gasteiger partial charge in [0.15, 0.2) is 5.82 Å². The first-order chi connectivity index (χ1) is 10.4. The van der Waals surface area contributed by atoms with Crippen molar-refractivity contribution in [3.05, 3.63) is 23.8 Å². The molecule has 0 spiro atoms. The van der Waals surface area contributed by atoms with Crippen LogP contribution >= 0.6 is 0 Å². The number of halogens is 3. The summed E-state index contributed by atoms with van der Waals surface area (Å²) in [6, 6.07) is 5.41. The first-order valence-corrected chi connectivity index (χ1v) is 6.79. The number of hydrogen-bond acceptors (Lipinski definition) is 4. The summed E-state index contributed by atoms with van der Waals surface area (Å²) in [5.74, 6) is 1.11. The number of hydrogen-bond donors (Lipinski definition) is 2. The SMILES string of the molecule is CNc1n[nH]nc1-c1cc(C)cc(OCCCC(F)(F)F)c1. The first-order valence-electron chi connectivity index (χ1n) is 6.79. The highest BCUT2D eigenvalue weighted by molar-refractivity contribution is 5.72. The minimum atomic E-state index is -4.15. The second-order valence-electron chi connectivity index (χ2n) is 4.87. The van der Waals surface area contributed by atoms with Crippen LogP contribution in [0.4, 0.5) is 19.0 Å². The lowest BCUT2D eigenvalue weighted by Crippen LogP contribution is -2.09. The molecular weight excluding hydrogens is 297 g/mol. The maximum atomic E-state index is 12.1. The topological polar surface area (TPSA) is 62.8 Å². The normalized spacial score (nSPS) is 11.5. The molecule has 0 amide bonds. The molecule has 120 valence electrons. The third-order valence-electron chi connectivity index (χ3n) is 2.98. The molecule has 2 aromatic rings. The summed E-state index contributed by atoms with van der Waals surface area (Å²) < 4.78 is 41.7. The Morgan fingerprint density at radius 3 is 2.68 bits per heavy atom. The number of aromatic nitrogens is 3. The van der Waals surface area contributed by atoms with Gasteiger partial charge in [0.05, 0.1) is 6.61 Å². The van der Waals surface area contributed by atoms with E-state index in [4.69, 9.17) is 4.74 Å². The van der Waals surface area contributed by atoms with Crippen molar-refractivity contribution >= 4 is 5.82 Å². The molecule has 1 aromatic heterocycles. The molecule has 0 aliphatic rings. The summed E-state index contributed by atoms with van der Waals surface area (Å²) in [4.78, 5) is 0. The zero-order valence-electron chi connectivity index (χ0n) is 12.3. The Morgan fingerprint density at radius 2 is 2.00 bits per heavy atom. The highest BCUT2D eigenvalue weighted by Crippen LogP contribution is 2.28. The summed E-state index contributed by atoms with van der Waals surface area (Å²) in [6.07, 6.45) is -5.07. The van der Waals surface area contributed by atoms with Crippen molar-refractivity contribution in [1.82, 2.24) is 15.4 Å². The standard InChI is InChI=1S/C14H17F3N4O/c1-9-6-10(12-13(18-2)20-21-19-12)8-11(7-9)22-5-3-4-14(15,16)17/h6-8H,3-5H2,1-2H3,(H2,18,19,20,21). The Kier molecular flexibility index (Phi) is 4.89. The van der Waals surface area contributed by atoms with Crippen molar-refractivity contribution < 1.29 is 17.9 Å². The lowest BCUT2D eigenvalue weighted by atomic mass is 10.1. The molecule has 2 N–H and O–H groups in total. The van der Waals surface area contributed by atoms with E-state index >= 15 is 0 Å². The van der Waals surface area contributed by atoms with Gasteiger partial charge in [0.1, 0.15) is 11.4 Å². The maximum Gasteiger partial charge on any atom is 0.389 e. The minimum absolute atomic E-state index is 0.0140. The molecule has 1 heterocycles. The second-order valence-corrected chi connectivity index (χ2v) is 4.87. The van der Waals surface area contributed by atoms with Gasteiger partial charge >= 0.3 is 6.18 Å². The number of alkyl halides is 3. The van der Waals surface area contributed by atoms with Crippen LogP contribution in [0.1, 0.15) is 18.4 Å². The predicted molar refractivity (Wildman–Crippen MR) is 76.9 cm³/mol. The fourth-order valence-corrected chi connectivity index (χ4v) is 2.04. The third kappa shape index (κ3) is 4.37. The third-order valence-corrected chi connectivity index (χ3v) is 2.98. The van der Waals surface area contributed by atoms with Gasteiger partial charge < -0.3 is 10.1 Å². The van der Waals surface area contributed by atoms with Crippen LogP contribution in [0.25, 0.3) is 11.3 Å². The smallest absolute Gasteiger partial charge is 0.389 e. The van der Waals surface area contributed by atoms with Crippen molar-refractivity contribution in [2.45, 2.75) is 25.9 Å². The fourth-order valence-electron chi connectivity index (χ4n) is 2.04. The lowest BCUT2D eigenvalue weighted by Gasteiger charge is -2.10. The van der Waals surface area contributed by atoms with E-state index in [9.17, 15) is 13.2 Å². The number of anilines is 1. The van der Waals surface area contributed by atoms with E-state index in [1.54, 1.807) is 19.2 Å². The lowest BCUT2D eigenvalue weighted by molar-refractivity contribution is -0.136. The molecule has 0 saturated carbocycles. The number of nitrogens with zero attached hydrogens (tertiary/aromatic N) is 2. The van der Waals surface area contributed by atoms with Crippen LogP contribution in [-0.4, -0.2) is 35.2 Å². The van der Waals surface area contributed by atoms with E-state index in [1.165, 1.54) is 0 Å². The molecule has 2 rings (SSSR count). The predicted octanol–water partition coefficient (Wildman–Crippen LogP) is 3.54. The van der Waals surface area contributed by atoms with Crippen LogP contribution in [0.3, 0.4) is 0 Å². The summed E-state index contributed by atoms with van der Waals surface area (Å²) >= 11 is 0. The molecule has 0 bridgehead atoms. The number of aryl methyl sites for hydroxylation is 1. The van der Waals surface area contributed by atoms with Crippen LogP contribution in [-0.2, 0) is 0 Å². The number of benzene rings is 1. The Morgan fingerprint density at radius 1 is 1.23 bits per heavy atom. The molecule has 0 fully saturated rings. The van der Waals surface area contributed by atoms with Crippen LogP contribution in [0, 0.1) is 6.92 Å². The first kappa shape index (κ1) is 16.1. The molecule has 0 radical (unpaired) electrons. The molecule has 0 aliphatic carbocycles. The Balaban J connectivity index is 2.07. The molecule has 22 heavy (non-hydrogen) atoms. The fraction of sp³-hybridized carbons (Fsp3) is 0.429. The van der Waals surface area contributed by atoms with E-state index in [2.05, 4.69) is 20.7 Å². The molecule has 0 saturated heterocycles. The average Bonchev–Trinajstić information content (AvgIpc) is 2.90. The highest BCUT2D eigenvalue weighted by Gasteiger charge is 2.26. The van der Waals surface area contributed by atoms with Crippen LogP contribution in [0.15, 0.2) is 18.2 Å². The summed E-state index contributed by atoms with van der Waals surface area (Å²) in [5.41, 5.74) is 2.34. The van der Waals surface area contributed by atoms with Gasteiger partial charge in [-0.25, -0.2) is 0 Å². The van der Waals surface area contributed by atoms with Crippen molar-refractivity contribution in [2.24, 2.45) is 0 Å². The summed E-state index contributed by atoms with van der Waals surface area (Å²) in [6.45, 7) is 1.89.